The monoisotopic (exact) mass is 364 g/mol. The molecule has 120 valence electrons. The Morgan fingerprint density at radius 1 is 0.955 bits per heavy atom. The predicted octanol–water partition coefficient (Wildman–Crippen LogP) is 3.57. The van der Waals surface area contributed by atoms with Gasteiger partial charge in [-0.05, 0) is 24.3 Å². The molecule has 2 fully saturated rings. The van der Waals surface area contributed by atoms with Gasteiger partial charge in [0.1, 0.15) is 5.78 Å². The highest BCUT2D eigenvalue weighted by molar-refractivity contribution is 9.10. The smallest absolute Gasteiger partial charge is 0.147 e. The molecule has 2 aliphatic rings. The van der Waals surface area contributed by atoms with Crippen LogP contribution in [0.15, 0.2) is 28.7 Å². The minimum Gasteiger partial charge on any atom is -0.369 e. The van der Waals surface area contributed by atoms with Gasteiger partial charge in [0.15, 0.2) is 0 Å². The molecular formula is C18H25BrN2O. The normalized spacial score (nSPS) is 25.1. The standard InChI is InChI=1S/C18H25BrN2O/c1-17(2)15(18(3,4)16(17)22)21-11-9-20(10-12-21)14-7-5-13(19)6-8-14/h5-8,15H,9-12H2,1-4H3. The molecule has 0 unspecified atom stereocenters. The van der Waals surface area contributed by atoms with Gasteiger partial charge in [0.05, 0.1) is 0 Å². The summed E-state index contributed by atoms with van der Waals surface area (Å²) >= 11 is 3.49. The molecule has 1 aromatic carbocycles. The van der Waals surface area contributed by atoms with Crippen molar-refractivity contribution in [3.05, 3.63) is 28.7 Å². The Bertz CT molecular complexity index is 553. The van der Waals surface area contributed by atoms with Gasteiger partial charge >= 0.3 is 0 Å². The molecule has 4 heteroatoms. The number of carbonyl (C=O) groups excluding carboxylic acids is 1. The Hall–Kier alpha value is -0.870. The Morgan fingerprint density at radius 2 is 1.45 bits per heavy atom. The highest BCUT2D eigenvalue weighted by atomic mass is 79.9. The summed E-state index contributed by atoms with van der Waals surface area (Å²) in [5.74, 6) is 0.403. The zero-order valence-electron chi connectivity index (χ0n) is 13.9. The van der Waals surface area contributed by atoms with Crippen molar-refractivity contribution in [2.45, 2.75) is 33.7 Å². The average Bonchev–Trinajstić information content (AvgIpc) is 2.48. The molecule has 1 aliphatic carbocycles. The van der Waals surface area contributed by atoms with Crippen LogP contribution < -0.4 is 4.90 Å². The van der Waals surface area contributed by atoms with Crippen molar-refractivity contribution >= 4 is 27.4 Å². The molecule has 1 saturated carbocycles. The largest absolute Gasteiger partial charge is 0.369 e. The van der Waals surface area contributed by atoms with E-state index in [4.69, 9.17) is 0 Å². The lowest BCUT2D eigenvalue weighted by molar-refractivity contribution is -0.170. The van der Waals surface area contributed by atoms with Crippen molar-refractivity contribution in [2.24, 2.45) is 10.8 Å². The lowest BCUT2D eigenvalue weighted by Crippen LogP contribution is -2.72. The van der Waals surface area contributed by atoms with E-state index in [0.717, 1.165) is 30.7 Å². The number of nitrogens with zero attached hydrogens (tertiary/aromatic N) is 2. The lowest BCUT2D eigenvalue weighted by Gasteiger charge is -2.60. The summed E-state index contributed by atoms with van der Waals surface area (Å²) in [6.07, 6.45) is 0. The quantitative estimate of drug-likeness (QED) is 0.801. The highest BCUT2D eigenvalue weighted by Gasteiger charge is 2.63. The summed E-state index contributed by atoms with van der Waals surface area (Å²) in [6, 6.07) is 8.89. The molecule has 0 spiro atoms. The van der Waals surface area contributed by atoms with Crippen molar-refractivity contribution < 1.29 is 4.79 Å². The highest BCUT2D eigenvalue weighted by Crippen LogP contribution is 2.53. The second-order valence-corrected chi connectivity index (χ2v) is 8.59. The molecule has 0 aromatic heterocycles. The maximum atomic E-state index is 12.3. The van der Waals surface area contributed by atoms with Gasteiger partial charge < -0.3 is 4.90 Å². The maximum absolute atomic E-state index is 12.3. The van der Waals surface area contributed by atoms with E-state index in [1.807, 2.05) is 0 Å². The number of carbonyl (C=O) groups is 1. The number of piperazine rings is 1. The zero-order valence-corrected chi connectivity index (χ0v) is 15.5. The zero-order chi connectivity index (χ0) is 16.1. The van der Waals surface area contributed by atoms with Gasteiger partial charge in [0, 0.05) is 53.2 Å². The van der Waals surface area contributed by atoms with Crippen LogP contribution in [0.4, 0.5) is 5.69 Å². The van der Waals surface area contributed by atoms with Gasteiger partial charge in [-0.1, -0.05) is 43.6 Å². The molecule has 3 rings (SSSR count). The first-order valence-corrected chi connectivity index (χ1v) is 8.83. The molecule has 3 nitrogen and oxygen atoms in total. The fraction of sp³-hybridized carbons (Fsp3) is 0.611. The van der Waals surface area contributed by atoms with Crippen LogP contribution in [-0.2, 0) is 4.79 Å². The van der Waals surface area contributed by atoms with Gasteiger partial charge in [-0.2, -0.15) is 0 Å². The summed E-state index contributed by atoms with van der Waals surface area (Å²) < 4.78 is 1.12. The molecule has 1 aromatic rings. The van der Waals surface area contributed by atoms with E-state index in [-0.39, 0.29) is 10.8 Å². The molecule has 0 atom stereocenters. The van der Waals surface area contributed by atoms with Crippen LogP contribution in [0.25, 0.3) is 0 Å². The first-order valence-electron chi connectivity index (χ1n) is 8.04. The van der Waals surface area contributed by atoms with Crippen molar-refractivity contribution in [1.29, 1.82) is 0 Å². The van der Waals surface area contributed by atoms with Gasteiger partial charge in [-0.15, -0.1) is 0 Å². The van der Waals surface area contributed by atoms with E-state index in [9.17, 15) is 4.79 Å². The third kappa shape index (κ3) is 2.41. The van der Waals surface area contributed by atoms with Crippen molar-refractivity contribution in [2.75, 3.05) is 31.1 Å². The van der Waals surface area contributed by atoms with Crippen molar-refractivity contribution in [3.63, 3.8) is 0 Å². The molecule has 1 heterocycles. The maximum Gasteiger partial charge on any atom is 0.147 e. The van der Waals surface area contributed by atoms with Crippen LogP contribution in [0.2, 0.25) is 0 Å². The van der Waals surface area contributed by atoms with E-state index < -0.39 is 0 Å². The van der Waals surface area contributed by atoms with Gasteiger partial charge in [-0.25, -0.2) is 0 Å². The van der Waals surface area contributed by atoms with Gasteiger partial charge in [-0.3, -0.25) is 9.69 Å². The number of Topliss-reactive ketones (excluding diaryl/α,β-unsaturated/α-hetero) is 1. The number of rotatable bonds is 2. The number of anilines is 1. The second kappa shape index (κ2) is 5.34. The summed E-state index contributed by atoms with van der Waals surface area (Å²) in [5.41, 5.74) is 0.873. The number of ketones is 1. The molecule has 0 radical (unpaired) electrons. The van der Waals surface area contributed by atoms with E-state index in [1.54, 1.807) is 0 Å². The molecular weight excluding hydrogens is 340 g/mol. The van der Waals surface area contributed by atoms with E-state index in [1.165, 1.54) is 5.69 Å². The first-order chi connectivity index (χ1) is 10.2. The van der Waals surface area contributed by atoms with Gasteiger partial charge in [0.25, 0.3) is 0 Å². The molecule has 1 saturated heterocycles. The molecule has 0 bridgehead atoms. The van der Waals surface area contributed by atoms with Crippen molar-refractivity contribution in [1.82, 2.24) is 4.90 Å². The third-order valence-electron chi connectivity index (χ3n) is 5.41. The Labute approximate surface area is 141 Å². The van der Waals surface area contributed by atoms with E-state index >= 15 is 0 Å². The van der Waals surface area contributed by atoms with Crippen molar-refractivity contribution in [3.8, 4) is 0 Å². The van der Waals surface area contributed by atoms with Crippen LogP contribution >= 0.6 is 15.9 Å². The van der Waals surface area contributed by atoms with Crippen LogP contribution in [0.3, 0.4) is 0 Å². The lowest BCUT2D eigenvalue weighted by atomic mass is 9.50. The molecule has 0 amide bonds. The SMILES string of the molecule is CC1(C)C(=O)C(C)(C)C1N1CCN(c2ccc(Br)cc2)CC1. The van der Waals surface area contributed by atoms with E-state index in [0.29, 0.717) is 11.8 Å². The Morgan fingerprint density at radius 3 is 1.95 bits per heavy atom. The number of hydrogen-bond acceptors (Lipinski definition) is 3. The summed E-state index contributed by atoms with van der Waals surface area (Å²) in [7, 11) is 0. The fourth-order valence-corrected chi connectivity index (χ4v) is 4.97. The minimum atomic E-state index is -0.205. The molecule has 1 aliphatic heterocycles. The van der Waals surface area contributed by atoms with Gasteiger partial charge in [0.2, 0.25) is 0 Å². The number of halogens is 1. The topological polar surface area (TPSA) is 23.6 Å². The average molecular weight is 365 g/mol. The van der Waals surface area contributed by atoms with E-state index in [2.05, 4.69) is 77.7 Å². The van der Waals surface area contributed by atoms with Crippen LogP contribution in [-0.4, -0.2) is 42.9 Å². The number of benzene rings is 1. The Kier molecular flexibility index (Phi) is 3.89. The number of hydrogen-bond donors (Lipinski definition) is 0. The molecule has 0 N–H and O–H groups in total. The molecule has 22 heavy (non-hydrogen) atoms. The van der Waals surface area contributed by atoms with Crippen LogP contribution in [0.5, 0.6) is 0 Å². The summed E-state index contributed by atoms with van der Waals surface area (Å²) in [4.78, 5) is 17.3. The minimum absolute atomic E-state index is 0.205. The summed E-state index contributed by atoms with van der Waals surface area (Å²) in [6.45, 7) is 12.5. The Balaban J connectivity index is 1.67. The fourth-order valence-electron chi connectivity index (χ4n) is 4.71. The predicted molar refractivity (Wildman–Crippen MR) is 94.3 cm³/mol. The third-order valence-corrected chi connectivity index (χ3v) is 5.94. The summed E-state index contributed by atoms with van der Waals surface area (Å²) in [5, 5.41) is 0. The second-order valence-electron chi connectivity index (χ2n) is 7.67. The van der Waals surface area contributed by atoms with Crippen LogP contribution in [0.1, 0.15) is 27.7 Å². The first kappa shape index (κ1) is 16.0. The van der Waals surface area contributed by atoms with Crippen LogP contribution in [0, 0.1) is 10.8 Å².